The van der Waals surface area contributed by atoms with Crippen molar-refractivity contribution in [3.8, 4) is 0 Å². The Morgan fingerprint density at radius 3 is 2.65 bits per heavy atom. The van der Waals surface area contributed by atoms with E-state index in [1.807, 2.05) is 31.2 Å². The molecule has 0 aliphatic rings. The first kappa shape index (κ1) is 15.0. The van der Waals surface area contributed by atoms with Gasteiger partial charge in [-0.05, 0) is 32.9 Å². The van der Waals surface area contributed by atoms with Crippen molar-refractivity contribution in [1.29, 1.82) is 0 Å². The van der Waals surface area contributed by atoms with Crippen molar-refractivity contribution < 1.29 is 14.1 Å². The van der Waals surface area contributed by atoms with Gasteiger partial charge in [-0.2, -0.15) is 4.98 Å². The zero-order valence-corrected chi connectivity index (χ0v) is 13.1. The van der Waals surface area contributed by atoms with Gasteiger partial charge in [0.2, 0.25) is 5.69 Å². The molecule has 7 heteroatoms. The maximum absolute atomic E-state index is 12.0. The Kier molecular flexibility index (Phi) is 3.92. The van der Waals surface area contributed by atoms with Crippen molar-refractivity contribution in [1.82, 2.24) is 15.1 Å². The fourth-order valence-electron chi connectivity index (χ4n) is 2.16. The van der Waals surface area contributed by atoms with E-state index in [4.69, 9.17) is 9.26 Å². The second-order valence-corrected chi connectivity index (χ2v) is 5.04. The number of nitrogens with one attached hydrogen (secondary N) is 1. The number of benzene rings is 1. The number of ether oxygens (including phenoxy) is 1. The van der Waals surface area contributed by atoms with E-state index in [-0.39, 0.29) is 18.0 Å². The fourth-order valence-corrected chi connectivity index (χ4v) is 2.16. The Labute approximate surface area is 132 Å². The van der Waals surface area contributed by atoms with Crippen molar-refractivity contribution in [2.45, 2.75) is 20.8 Å². The molecule has 23 heavy (non-hydrogen) atoms. The van der Waals surface area contributed by atoms with Crippen molar-refractivity contribution >= 4 is 28.6 Å². The van der Waals surface area contributed by atoms with Gasteiger partial charge in [-0.15, -0.1) is 0 Å². The standard InChI is InChI=1S/C16H16N4O3/c1-4-22-16(21)13-12-14(17-10(3)18-15(12)23-20-13)19-11-7-5-9(2)6-8-11/h5-8H,4H2,1-3H3,(H,17,18,19). The van der Waals surface area contributed by atoms with Crippen molar-refractivity contribution in [3.63, 3.8) is 0 Å². The lowest BCUT2D eigenvalue weighted by atomic mass is 10.2. The van der Waals surface area contributed by atoms with Crippen LogP contribution in [0.15, 0.2) is 28.8 Å². The summed E-state index contributed by atoms with van der Waals surface area (Å²) in [5, 5.41) is 7.37. The molecule has 3 aromatic rings. The minimum absolute atomic E-state index is 0.0662. The predicted molar refractivity (Wildman–Crippen MR) is 84.8 cm³/mol. The second kappa shape index (κ2) is 6.04. The number of nitrogens with zero attached hydrogens (tertiary/aromatic N) is 3. The summed E-state index contributed by atoms with van der Waals surface area (Å²) in [5.74, 6) is 0.407. The molecule has 1 aromatic carbocycles. The third-order valence-corrected chi connectivity index (χ3v) is 3.23. The molecule has 0 atom stereocenters. The van der Waals surface area contributed by atoms with Gasteiger partial charge in [-0.1, -0.05) is 22.9 Å². The van der Waals surface area contributed by atoms with E-state index in [0.717, 1.165) is 11.3 Å². The predicted octanol–water partition coefficient (Wildman–Crippen LogP) is 3.15. The van der Waals surface area contributed by atoms with E-state index < -0.39 is 5.97 Å². The van der Waals surface area contributed by atoms with Crippen LogP contribution in [-0.2, 0) is 4.74 Å². The highest BCUT2D eigenvalue weighted by molar-refractivity contribution is 6.05. The van der Waals surface area contributed by atoms with Crippen molar-refractivity contribution in [2.75, 3.05) is 11.9 Å². The Balaban J connectivity index is 2.08. The highest BCUT2D eigenvalue weighted by Crippen LogP contribution is 2.27. The molecule has 0 saturated heterocycles. The number of rotatable bonds is 4. The molecule has 0 saturated carbocycles. The van der Waals surface area contributed by atoms with E-state index in [1.54, 1.807) is 13.8 Å². The normalized spacial score (nSPS) is 10.7. The molecule has 0 unspecified atom stereocenters. The zero-order valence-electron chi connectivity index (χ0n) is 13.1. The number of carbonyl (C=O) groups excluding carboxylic acids is 1. The number of aryl methyl sites for hydroxylation is 2. The van der Waals surface area contributed by atoms with Crippen LogP contribution in [0.3, 0.4) is 0 Å². The number of hydrogen-bond donors (Lipinski definition) is 1. The maximum atomic E-state index is 12.0. The number of aromatic nitrogens is 3. The summed E-state index contributed by atoms with van der Waals surface area (Å²) in [6.07, 6.45) is 0. The molecule has 0 spiro atoms. The summed E-state index contributed by atoms with van der Waals surface area (Å²) < 4.78 is 10.2. The molecule has 0 aliphatic heterocycles. The van der Waals surface area contributed by atoms with E-state index in [0.29, 0.717) is 17.0 Å². The molecule has 2 aromatic heterocycles. The number of fused-ring (bicyclic) bond motifs is 1. The molecule has 0 bridgehead atoms. The smallest absolute Gasteiger partial charge is 0.361 e. The van der Waals surface area contributed by atoms with Gasteiger partial charge >= 0.3 is 5.97 Å². The monoisotopic (exact) mass is 312 g/mol. The number of hydrogen-bond acceptors (Lipinski definition) is 7. The molecule has 3 rings (SSSR count). The van der Waals surface area contributed by atoms with Crippen LogP contribution in [0.1, 0.15) is 28.8 Å². The Hall–Kier alpha value is -2.96. The molecule has 0 amide bonds. The summed E-state index contributed by atoms with van der Waals surface area (Å²) >= 11 is 0. The van der Waals surface area contributed by atoms with Crippen molar-refractivity contribution in [2.24, 2.45) is 0 Å². The highest BCUT2D eigenvalue weighted by atomic mass is 16.5. The lowest BCUT2D eigenvalue weighted by molar-refractivity contribution is 0.0517. The van der Waals surface area contributed by atoms with Gasteiger partial charge in [-0.3, -0.25) is 0 Å². The second-order valence-electron chi connectivity index (χ2n) is 5.04. The lowest BCUT2D eigenvalue weighted by Gasteiger charge is -2.08. The minimum Gasteiger partial charge on any atom is -0.461 e. The Morgan fingerprint density at radius 2 is 1.96 bits per heavy atom. The zero-order chi connectivity index (χ0) is 16.4. The quantitative estimate of drug-likeness (QED) is 0.740. The molecule has 2 heterocycles. The third kappa shape index (κ3) is 2.98. The molecule has 1 N–H and O–H groups in total. The van der Waals surface area contributed by atoms with Gasteiger partial charge in [0.1, 0.15) is 17.0 Å². The number of carbonyl (C=O) groups is 1. The highest BCUT2D eigenvalue weighted by Gasteiger charge is 2.23. The average molecular weight is 312 g/mol. The molecular formula is C16H16N4O3. The topological polar surface area (TPSA) is 90.1 Å². The van der Waals surface area contributed by atoms with E-state index in [9.17, 15) is 4.79 Å². The molecule has 7 nitrogen and oxygen atoms in total. The van der Waals surface area contributed by atoms with Crippen LogP contribution in [0.2, 0.25) is 0 Å². The largest absolute Gasteiger partial charge is 0.461 e. The van der Waals surface area contributed by atoms with Crippen LogP contribution >= 0.6 is 0 Å². The summed E-state index contributed by atoms with van der Waals surface area (Å²) in [6.45, 7) is 5.73. The molecular weight excluding hydrogens is 296 g/mol. The Bertz CT molecular complexity index is 856. The van der Waals surface area contributed by atoms with E-state index >= 15 is 0 Å². The summed E-state index contributed by atoms with van der Waals surface area (Å²) in [6, 6.07) is 7.81. The Morgan fingerprint density at radius 1 is 1.22 bits per heavy atom. The third-order valence-electron chi connectivity index (χ3n) is 3.23. The summed E-state index contributed by atoms with van der Waals surface area (Å²) in [5.41, 5.74) is 2.30. The number of anilines is 2. The van der Waals surface area contributed by atoms with E-state index in [1.165, 1.54) is 0 Å². The molecule has 118 valence electrons. The van der Waals surface area contributed by atoms with Crippen LogP contribution in [0.4, 0.5) is 11.5 Å². The van der Waals surface area contributed by atoms with Crippen LogP contribution < -0.4 is 5.32 Å². The fraction of sp³-hybridized carbons (Fsp3) is 0.250. The lowest BCUT2D eigenvalue weighted by Crippen LogP contribution is -2.07. The van der Waals surface area contributed by atoms with Crippen LogP contribution in [0, 0.1) is 13.8 Å². The van der Waals surface area contributed by atoms with Gasteiger partial charge in [0.25, 0.3) is 5.71 Å². The van der Waals surface area contributed by atoms with Gasteiger partial charge in [0, 0.05) is 5.69 Å². The summed E-state index contributed by atoms with van der Waals surface area (Å²) in [4.78, 5) is 20.6. The van der Waals surface area contributed by atoms with E-state index in [2.05, 4.69) is 20.4 Å². The van der Waals surface area contributed by atoms with Crippen LogP contribution in [0.25, 0.3) is 11.1 Å². The minimum atomic E-state index is -0.564. The van der Waals surface area contributed by atoms with Crippen LogP contribution in [-0.4, -0.2) is 27.7 Å². The van der Waals surface area contributed by atoms with Crippen molar-refractivity contribution in [3.05, 3.63) is 41.3 Å². The first-order chi connectivity index (χ1) is 11.1. The maximum Gasteiger partial charge on any atom is 0.361 e. The molecule has 0 fully saturated rings. The SMILES string of the molecule is CCOC(=O)c1noc2nc(C)nc(Nc3ccc(C)cc3)c12. The average Bonchev–Trinajstić information content (AvgIpc) is 2.93. The molecule has 0 radical (unpaired) electrons. The van der Waals surface area contributed by atoms with Gasteiger partial charge in [0.15, 0.2) is 0 Å². The van der Waals surface area contributed by atoms with Gasteiger partial charge in [-0.25, -0.2) is 9.78 Å². The van der Waals surface area contributed by atoms with Crippen LogP contribution in [0.5, 0.6) is 0 Å². The summed E-state index contributed by atoms with van der Waals surface area (Å²) in [7, 11) is 0. The number of esters is 1. The first-order valence-electron chi connectivity index (χ1n) is 7.23. The van der Waals surface area contributed by atoms with Gasteiger partial charge in [0.05, 0.1) is 6.61 Å². The van der Waals surface area contributed by atoms with Gasteiger partial charge < -0.3 is 14.6 Å². The first-order valence-corrected chi connectivity index (χ1v) is 7.23. The molecule has 0 aliphatic carbocycles.